The molecule has 160 valence electrons. The van der Waals surface area contributed by atoms with Crippen molar-refractivity contribution in [2.75, 3.05) is 6.61 Å². The number of carbonyl (C=O) groups is 3. The number of thiazole rings is 1. The van der Waals surface area contributed by atoms with Gasteiger partial charge in [0.15, 0.2) is 5.76 Å². The van der Waals surface area contributed by atoms with Gasteiger partial charge in [0.05, 0.1) is 18.6 Å². The second-order valence-corrected chi connectivity index (χ2v) is 7.73. The molecular weight excluding hydrogens is 420 g/mol. The predicted octanol–water partition coefficient (Wildman–Crippen LogP) is 3.22. The highest BCUT2D eigenvalue weighted by molar-refractivity contribution is 7.11. The van der Waals surface area contributed by atoms with Crippen LogP contribution in [0.4, 0.5) is 0 Å². The molecule has 0 N–H and O–H groups in total. The molecule has 1 aliphatic rings. The summed E-state index contributed by atoms with van der Waals surface area (Å²) >= 11 is 1.13. The van der Waals surface area contributed by atoms with Gasteiger partial charge in [-0.1, -0.05) is 24.3 Å². The number of rotatable bonds is 6. The van der Waals surface area contributed by atoms with Gasteiger partial charge in [0.2, 0.25) is 5.01 Å². The van der Waals surface area contributed by atoms with Gasteiger partial charge in [0.25, 0.3) is 5.91 Å². The van der Waals surface area contributed by atoms with Crippen molar-refractivity contribution in [3.05, 3.63) is 75.6 Å². The lowest BCUT2D eigenvalue weighted by Crippen LogP contribution is -2.49. The molecule has 8 nitrogen and oxygen atoms in total. The van der Waals surface area contributed by atoms with Gasteiger partial charge in [-0.25, -0.2) is 14.6 Å². The fourth-order valence-corrected chi connectivity index (χ4v) is 4.08. The highest BCUT2D eigenvalue weighted by atomic mass is 32.1. The van der Waals surface area contributed by atoms with Gasteiger partial charge < -0.3 is 18.8 Å². The van der Waals surface area contributed by atoms with Gasteiger partial charge in [0, 0.05) is 18.3 Å². The van der Waals surface area contributed by atoms with Crippen molar-refractivity contribution in [1.82, 2.24) is 9.88 Å². The molecule has 1 aromatic carbocycles. The minimum atomic E-state index is -0.796. The highest BCUT2D eigenvalue weighted by Crippen LogP contribution is 2.26. The number of carbonyl (C=O) groups excluding carboxylic acids is 3. The zero-order valence-electron chi connectivity index (χ0n) is 16.8. The first kappa shape index (κ1) is 20.8. The summed E-state index contributed by atoms with van der Waals surface area (Å²) in [5, 5.41) is 1.84. The number of furan rings is 1. The first-order chi connectivity index (χ1) is 15.1. The molecule has 1 atom stereocenters. The van der Waals surface area contributed by atoms with Crippen LogP contribution < -0.4 is 0 Å². The third kappa shape index (κ3) is 4.51. The van der Waals surface area contributed by atoms with Crippen molar-refractivity contribution in [2.24, 2.45) is 0 Å². The number of ether oxygens (including phenoxy) is 2. The number of fused-ring (bicyclic) bond motifs is 1. The molecule has 0 aliphatic carbocycles. The monoisotopic (exact) mass is 440 g/mol. The standard InChI is InChI=1S/C22H20N2O6S/c1-2-28-22(27)19-23-16(13-31-19)12-30-21(26)17-10-14-6-3-4-7-15(14)11-24(17)20(25)18-8-5-9-29-18/h3-9,13,17H,2,10-12H2,1H3/t17-/m0/s1. The summed E-state index contributed by atoms with van der Waals surface area (Å²) in [5.41, 5.74) is 2.41. The second kappa shape index (κ2) is 9.13. The number of hydrogen-bond acceptors (Lipinski definition) is 8. The molecule has 0 saturated carbocycles. The Morgan fingerprint density at radius 1 is 1.16 bits per heavy atom. The average Bonchev–Trinajstić information content (AvgIpc) is 3.48. The minimum absolute atomic E-state index is 0.102. The van der Waals surface area contributed by atoms with Crippen molar-refractivity contribution >= 4 is 29.2 Å². The Morgan fingerprint density at radius 3 is 2.71 bits per heavy atom. The second-order valence-electron chi connectivity index (χ2n) is 6.87. The number of hydrogen-bond donors (Lipinski definition) is 0. The Hall–Kier alpha value is -3.46. The van der Waals surface area contributed by atoms with Crippen LogP contribution in [0.15, 0.2) is 52.5 Å². The number of aromatic nitrogens is 1. The molecule has 0 fully saturated rings. The molecular formula is C22H20N2O6S. The van der Waals surface area contributed by atoms with Crippen LogP contribution in [0.2, 0.25) is 0 Å². The van der Waals surface area contributed by atoms with Crippen molar-refractivity contribution in [3.8, 4) is 0 Å². The van der Waals surface area contributed by atoms with E-state index in [1.165, 1.54) is 11.2 Å². The molecule has 0 bridgehead atoms. The van der Waals surface area contributed by atoms with Crippen LogP contribution in [0.3, 0.4) is 0 Å². The maximum absolute atomic E-state index is 13.0. The van der Waals surface area contributed by atoms with Crippen LogP contribution in [0.1, 0.15) is 44.1 Å². The van der Waals surface area contributed by atoms with E-state index < -0.39 is 18.0 Å². The van der Waals surface area contributed by atoms with Gasteiger partial charge in [-0.2, -0.15) is 0 Å². The van der Waals surface area contributed by atoms with E-state index in [0.717, 1.165) is 22.5 Å². The average molecular weight is 440 g/mol. The first-order valence-electron chi connectivity index (χ1n) is 9.76. The molecule has 1 amide bonds. The molecule has 1 aliphatic heterocycles. The van der Waals surface area contributed by atoms with E-state index in [0.29, 0.717) is 12.1 Å². The SMILES string of the molecule is CCOC(=O)c1nc(COC(=O)[C@@H]2Cc3ccccc3CN2C(=O)c2ccco2)cs1. The third-order valence-corrected chi connectivity index (χ3v) is 5.75. The number of benzene rings is 1. The first-order valence-corrected chi connectivity index (χ1v) is 10.6. The maximum Gasteiger partial charge on any atom is 0.367 e. The van der Waals surface area contributed by atoms with Gasteiger partial charge >= 0.3 is 11.9 Å². The van der Waals surface area contributed by atoms with Crippen molar-refractivity contribution < 1.29 is 28.3 Å². The van der Waals surface area contributed by atoms with E-state index in [9.17, 15) is 14.4 Å². The molecule has 0 saturated heterocycles. The van der Waals surface area contributed by atoms with Crippen LogP contribution in [0.25, 0.3) is 0 Å². The van der Waals surface area contributed by atoms with E-state index in [-0.39, 0.29) is 36.4 Å². The Balaban J connectivity index is 1.49. The zero-order valence-corrected chi connectivity index (χ0v) is 17.6. The molecule has 3 heterocycles. The summed E-state index contributed by atoms with van der Waals surface area (Å²) in [6.07, 6.45) is 1.76. The normalized spacial score (nSPS) is 15.3. The molecule has 31 heavy (non-hydrogen) atoms. The van der Waals surface area contributed by atoms with Crippen LogP contribution in [0.5, 0.6) is 0 Å². The maximum atomic E-state index is 13.0. The van der Waals surface area contributed by atoms with E-state index in [1.807, 2.05) is 24.3 Å². The topological polar surface area (TPSA) is 98.9 Å². The van der Waals surface area contributed by atoms with Crippen LogP contribution in [-0.4, -0.2) is 40.4 Å². The fraction of sp³-hybridized carbons (Fsp3) is 0.273. The summed E-state index contributed by atoms with van der Waals surface area (Å²) in [5.74, 6) is -1.26. The van der Waals surface area contributed by atoms with Crippen LogP contribution >= 0.6 is 11.3 Å². The van der Waals surface area contributed by atoms with Crippen LogP contribution in [0, 0.1) is 0 Å². The van der Waals surface area contributed by atoms with Crippen molar-refractivity contribution in [1.29, 1.82) is 0 Å². The lowest BCUT2D eigenvalue weighted by molar-refractivity contribution is -0.151. The summed E-state index contributed by atoms with van der Waals surface area (Å²) in [6, 6.07) is 10.1. The molecule has 0 radical (unpaired) electrons. The van der Waals surface area contributed by atoms with Crippen molar-refractivity contribution in [3.63, 3.8) is 0 Å². The zero-order chi connectivity index (χ0) is 21.8. The number of amides is 1. The fourth-order valence-electron chi connectivity index (χ4n) is 3.39. The minimum Gasteiger partial charge on any atom is -0.461 e. The number of nitrogens with zero attached hydrogens (tertiary/aromatic N) is 2. The Kier molecular flexibility index (Phi) is 6.13. The van der Waals surface area contributed by atoms with Gasteiger partial charge in [-0.3, -0.25) is 4.79 Å². The predicted molar refractivity (Wildman–Crippen MR) is 110 cm³/mol. The lowest BCUT2D eigenvalue weighted by Gasteiger charge is -2.34. The molecule has 9 heteroatoms. The molecule has 0 unspecified atom stereocenters. The smallest absolute Gasteiger partial charge is 0.367 e. The van der Waals surface area contributed by atoms with E-state index in [4.69, 9.17) is 13.9 Å². The van der Waals surface area contributed by atoms with E-state index >= 15 is 0 Å². The highest BCUT2D eigenvalue weighted by Gasteiger charge is 2.37. The summed E-state index contributed by atoms with van der Waals surface area (Å²) in [7, 11) is 0. The van der Waals surface area contributed by atoms with Crippen LogP contribution in [-0.2, 0) is 33.8 Å². The largest absolute Gasteiger partial charge is 0.461 e. The van der Waals surface area contributed by atoms with Gasteiger partial charge in [0.1, 0.15) is 12.6 Å². The van der Waals surface area contributed by atoms with Gasteiger partial charge in [-0.05, 0) is 30.2 Å². The summed E-state index contributed by atoms with van der Waals surface area (Å²) in [6.45, 7) is 2.15. The lowest BCUT2D eigenvalue weighted by atomic mass is 9.93. The Bertz CT molecular complexity index is 1090. The Morgan fingerprint density at radius 2 is 1.97 bits per heavy atom. The quantitative estimate of drug-likeness (QED) is 0.543. The van der Waals surface area contributed by atoms with Gasteiger partial charge in [-0.15, -0.1) is 11.3 Å². The summed E-state index contributed by atoms with van der Waals surface area (Å²) in [4.78, 5) is 43.3. The van der Waals surface area contributed by atoms with E-state index in [1.54, 1.807) is 24.4 Å². The molecule has 2 aromatic heterocycles. The molecule has 3 aromatic rings. The number of esters is 2. The molecule has 4 rings (SSSR count). The summed E-state index contributed by atoms with van der Waals surface area (Å²) < 4.78 is 15.6. The Labute approximate surface area is 182 Å². The third-order valence-electron chi connectivity index (χ3n) is 4.88. The van der Waals surface area contributed by atoms with E-state index in [2.05, 4.69) is 4.98 Å². The van der Waals surface area contributed by atoms with Crippen molar-refractivity contribution in [2.45, 2.75) is 32.5 Å². The molecule has 0 spiro atoms.